The Morgan fingerprint density at radius 1 is 1.86 bits per heavy atom. The van der Waals surface area contributed by atoms with Gasteiger partial charge in [0, 0.05) is 5.75 Å². The topological polar surface area (TPSA) is 0 Å². The van der Waals surface area contributed by atoms with Crippen molar-refractivity contribution in [1.82, 2.24) is 0 Å². The summed E-state index contributed by atoms with van der Waals surface area (Å²) in [6, 6.07) is 0. The molecule has 0 spiro atoms. The van der Waals surface area contributed by atoms with Crippen LogP contribution in [0.3, 0.4) is 0 Å². The smallest absolute Gasteiger partial charge is 0.0154 e. The highest BCUT2D eigenvalue weighted by atomic mass is 32.2. The molecule has 0 aliphatic heterocycles. The Morgan fingerprint density at radius 2 is 2.43 bits per heavy atom. The van der Waals surface area contributed by atoms with Crippen LogP contribution in [0.1, 0.15) is 6.92 Å². The van der Waals surface area contributed by atoms with Gasteiger partial charge in [-0.25, -0.2) is 0 Å². The van der Waals surface area contributed by atoms with Gasteiger partial charge >= 0.3 is 0 Å². The highest BCUT2D eigenvalue weighted by Gasteiger charge is 1.78. The normalized spacial score (nSPS) is 8.14. The summed E-state index contributed by atoms with van der Waals surface area (Å²) < 4.78 is 0. The minimum Gasteiger partial charge on any atom is -0.127 e. The Hall–Kier alpha value is -0.170. The molecule has 40 valence electrons. The summed E-state index contributed by atoms with van der Waals surface area (Å²) in [5.41, 5.74) is 0. The van der Waals surface area contributed by atoms with Crippen molar-refractivity contribution in [3.8, 4) is 0 Å². The first kappa shape index (κ1) is 6.83. The zero-order valence-electron chi connectivity index (χ0n) is 4.61. The van der Waals surface area contributed by atoms with E-state index in [2.05, 4.69) is 13.2 Å². The lowest BCUT2D eigenvalue weighted by atomic mass is 10.7. The van der Waals surface area contributed by atoms with Gasteiger partial charge in [-0.05, 0) is 11.8 Å². The predicted octanol–water partition coefficient (Wildman–Crippen LogP) is 2.44. The van der Waals surface area contributed by atoms with Crippen molar-refractivity contribution in [3.63, 3.8) is 0 Å². The number of hydrogen-bond donors (Lipinski definition) is 0. The van der Waals surface area contributed by atoms with Crippen LogP contribution in [0, 0.1) is 0 Å². The molecule has 0 rings (SSSR count). The van der Waals surface area contributed by atoms with Gasteiger partial charge in [-0.2, -0.15) is 0 Å². The van der Waals surface area contributed by atoms with Crippen LogP contribution in [-0.4, -0.2) is 5.75 Å². The molecular weight excluding hydrogens is 104 g/mol. The third-order valence-electron chi connectivity index (χ3n) is 0.448. The van der Waals surface area contributed by atoms with Crippen LogP contribution in [0.5, 0.6) is 0 Å². The third-order valence-corrected chi connectivity index (χ3v) is 1.34. The molecule has 1 heteroatoms. The lowest BCUT2D eigenvalue weighted by Crippen LogP contribution is -1.65. The van der Waals surface area contributed by atoms with Gasteiger partial charge in [0.1, 0.15) is 0 Å². The van der Waals surface area contributed by atoms with E-state index < -0.39 is 0 Å². The monoisotopic (exact) mass is 114 g/mol. The summed E-state index contributed by atoms with van der Waals surface area (Å²) in [5.74, 6) is 0.981. The second-order valence-corrected chi connectivity index (χ2v) is 2.62. The summed E-state index contributed by atoms with van der Waals surface area (Å²) in [7, 11) is 0. The Bertz CT molecular complexity index is 74.2. The van der Waals surface area contributed by atoms with Crippen LogP contribution in [0.25, 0.3) is 0 Å². The zero-order chi connectivity index (χ0) is 5.70. The van der Waals surface area contributed by atoms with E-state index in [0.29, 0.717) is 0 Å². The average molecular weight is 114 g/mol. The Labute approximate surface area is 49.3 Å². The summed E-state index contributed by atoms with van der Waals surface area (Å²) in [6.45, 7) is 9.27. The lowest BCUT2D eigenvalue weighted by Gasteiger charge is -1.89. The minimum absolute atomic E-state index is 0.981. The molecule has 0 amide bonds. The van der Waals surface area contributed by atoms with Crippen molar-refractivity contribution in [2.24, 2.45) is 0 Å². The molecule has 7 heavy (non-hydrogen) atoms. The summed E-state index contributed by atoms with van der Waals surface area (Å²) in [5, 5.41) is 0. The molecule has 0 aromatic carbocycles. The molecule has 0 aromatic heterocycles. The van der Waals surface area contributed by atoms with E-state index in [1.807, 2.05) is 13.0 Å². The molecule has 0 atom stereocenters. The van der Waals surface area contributed by atoms with Crippen molar-refractivity contribution in [2.75, 3.05) is 5.75 Å². The van der Waals surface area contributed by atoms with Crippen LogP contribution < -0.4 is 0 Å². The maximum atomic E-state index is 3.71. The maximum absolute atomic E-state index is 3.71. The number of allylic oxidation sites excluding steroid dienone is 1. The molecule has 0 radical (unpaired) electrons. The first-order valence-corrected chi connectivity index (χ1v) is 3.15. The van der Waals surface area contributed by atoms with Crippen molar-refractivity contribution >= 4 is 11.8 Å². The minimum atomic E-state index is 0.981. The highest BCUT2D eigenvalue weighted by Crippen LogP contribution is 2.10. The standard InChI is InChI=1S/C6H10S/c1-4-5-7-6(2)3/h4H,1-2,5H2,3H3. The summed E-state index contributed by atoms with van der Waals surface area (Å²) in [6.07, 6.45) is 1.87. The van der Waals surface area contributed by atoms with Crippen LogP contribution >= 0.6 is 11.8 Å². The van der Waals surface area contributed by atoms with E-state index in [1.54, 1.807) is 11.8 Å². The van der Waals surface area contributed by atoms with Crippen LogP contribution in [0.2, 0.25) is 0 Å². The zero-order valence-corrected chi connectivity index (χ0v) is 5.42. The van der Waals surface area contributed by atoms with E-state index >= 15 is 0 Å². The second-order valence-electron chi connectivity index (χ2n) is 1.30. The summed E-state index contributed by atoms with van der Waals surface area (Å²) in [4.78, 5) is 1.15. The van der Waals surface area contributed by atoms with E-state index in [-0.39, 0.29) is 0 Å². The molecule has 0 saturated heterocycles. The second kappa shape index (κ2) is 4.00. The first-order valence-electron chi connectivity index (χ1n) is 2.16. The fourth-order valence-corrected chi connectivity index (χ4v) is 0.604. The SMILES string of the molecule is C=CCSC(=C)C. The molecule has 0 bridgehead atoms. The Kier molecular flexibility index (Phi) is 3.90. The van der Waals surface area contributed by atoms with Crippen molar-refractivity contribution < 1.29 is 0 Å². The van der Waals surface area contributed by atoms with Crippen LogP contribution in [0.15, 0.2) is 24.1 Å². The molecule has 0 aliphatic rings. The fourth-order valence-electron chi connectivity index (χ4n) is 0.201. The van der Waals surface area contributed by atoms with Gasteiger partial charge in [-0.15, -0.1) is 18.3 Å². The molecule has 0 saturated carbocycles. The van der Waals surface area contributed by atoms with E-state index in [1.165, 1.54) is 0 Å². The van der Waals surface area contributed by atoms with Crippen molar-refractivity contribution in [3.05, 3.63) is 24.1 Å². The van der Waals surface area contributed by atoms with Crippen molar-refractivity contribution in [2.45, 2.75) is 6.92 Å². The molecular formula is C6H10S. The molecule has 0 N–H and O–H groups in total. The predicted molar refractivity (Wildman–Crippen MR) is 37.5 cm³/mol. The molecule has 0 aliphatic carbocycles. The van der Waals surface area contributed by atoms with E-state index in [9.17, 15) is 0 Å². The Morgan fingerprint density at radius 3 is 2.57 bits per heavy atom. The van der Waals surface area contributed by atoms with E-state index in [0.717, 1.165) is 10.7 Å². The highest BCUT2D eigenvalue weighted by molar-refractivity contribution is 8.03. The van der Waals surface area contributed by atoms with E-state index in [4.69, 9.17) is 0 Å². The van der Waals surface area contributed by atoms with Gasteiger partial charge in [-0.3, -0.25) is 0 Å². The largest absolute Gasteiger partial charge is 0.127 e. The first-order chi connectivity index (χ1) is 3.27. The van der Waals surface area contributed by atoms with Crippen molar-refractivity contribution in [1.29, 1.82) is 0 Å². The number of thioether (sulfide) groups is 1. The number of hydrogen-bond acceptors (Lipinski definition) is 1. The molecule has 0 heterocycles. The van der Waals surface area contributed by atoms with Gasteiger partial charge in [0.15, 0.2) is 0 Å². The summed E-state index contributed by atoms with van der Waals surface area (Å²) >= 11 is 1.72. The third kappa shape index (κ3) is 5.83. The Balaban J connectivity index is 2.97. The quantitative estimate of drug-likeness (QED) is 0.508. The van der Waals surface area contributed by atoms with Crippen LogP contribution in [0.4, 0.5) is 0 Å². The molecule has 0 aromatic rings. The number of rotatable bonds is 3. The molecule has 0 fully saturated rings. The van der Waals surface area contributed by atoms with Gasteiger partial charge in [-0.1, -0.05) is 12.7 Å². The van der Waals surface area contributed by atoms with Crippen LogP contribution in [-0.2, 0) is 0 Å². The lowest BCUT2D eigenvalue weighted by molar-refractivity contribution is 1.70. The van der Waals surface area contributed by atoms with Gasteiger partial charge in [0.25, 0.3) is 0 Å². The van der Waals surface area contributed by atoms with Gasteiger partial charge < -0.3 is 0 Å². The maximum Gasteiger partial charge on any atom is 0.0154 e. The average Bonchev–Trinajstić information content (AvgIpc) is 1.61. The molecule has 0 nitrogen and oxygen atoms in total. The van der Waals surface area contributed by atoms with Gasteiger partial charge in [0.2, 0.25) is 0 Å². The van der Waals surface area contributed by atoms with Gasteiger partial charge in [0.05, 0.1) is 0 Å². The fraction of sp³-hybridized carbons (Fsp3) is 0.333. The molecule has 0 unspecified atom stereocenters.